The van der Waals surface area contributed by atoms with E-state index < -0.39 is 79.3 Å². The van der Waals surface area contributed by atoms with Crippen molar-refractivity contribution in [1.82, 2.24) is 21.3 Å². The zero-order valence-corrected chi connectivity index (χ0v) is 25.7. The number of nitrogens with one attached hydrogen (secondary N) is 4. The zero-order valence-electron chi connectivity index (χ0n) is 25.7. The molecule has 0 heterocycles. The topological polar surface area (TPSA) is 237 Å². The van der Waals surface area contributed by atoms with Crippen LogP contribution in [-0.2, 0) is 28.8 Å². The summed E-state index contributed by atoms with van der Waals surface area (Å²) in [5.41, 5.74) is 5.11. The summed E-state index contributed by atoms with van der Waals surface area (Å²) in [5.74, 6) is -5.82. The van der Waals surface area contributed by atoms with Gasteiger partial charge in [0, 0.05) is 6.42 Å². The molecule has 0 aliphatic heterocycles. The lowest BCUT2D eigenvalue weighted by Gasteiger charge is -2.24. The average molecular weight is 616 g/mol. The summed E-state index contributed by atoms with van der Waals surface area (Å²) in [7, 11) is 0. The Morgan fingerprint density at radius 3 is 1.42 bits per heavy atom. The molecular formula is C29H53N5O9. The standard InChI is InChI=1S/C29H53N5O9/c1-3-4-5-6-7-8-9-10-11-12-13-14-15-16-25(38)32-22(18-35)27(40)34-23(19-36)28(41)33-21(17-24(30)37)26(39)31-20(2)29(42)43/h20-23,35-36H,3-19H2,1-2H3,(H2,30,37)(H,31,39)(H,32,38)(H,33,41)(H,34,40)(H,42,43)/t20-,21-,22-,23-/m0/s1. The number of carboxylic acid groups (broad SMARTS) is 1. The van der Waals surface area contributed by atoms with Gasteiger partial charge in [0.15, 0.2) is 0 Å². The molecule has 0 aliphatic rings. The van der Waals surface area contributed by atoms with Crippen molar-refractivity contribution in [3.8, 4) is 0 Å². The van der Waals surface area contributed by atoms with E-state index in [1.54, 1.807) is 0 Å². The third-order valence-corrected chi connectivity index (χ3v) is 6.92. The lowest BCUT2D eigenvalue weighted by Crippen LogP contribution is -2.59. The molecule has 4 atom stereocenters. The van der Waals surface area contributed by atoms with E-state index in [1.165, 1.54) is 64.7 Å². The van der Waals surface area contributed by atoms with E-state index in [2.05, 4.69) is 28.2 Å². The number of hydrogen-bond acceptors (Lipinski definition) is 8. The van der Waals surface area contributed by atoms with Crippen molar-refractivity contribution in [3.63, 3.8) is 0 Å². The number of amides is 5. The van der Waals surface area contributed by atoms with Gasteiger partial charge in [0.1, 0.15) is 24.2 Å². The smallest absolute Gasteiger partial charge is 0.325 e. The Bertz CT molecular complexity index is 871. The van der Waals surface area contributed by atoms with E-state index in [1.807, 2.05) is 0 Å². The van der Waals surface area contributed by atoms with Crippen LogP contribution in [0.5, 0.6) is 0 Å². The minimum absolute atomic E-state index is 0.157. The van der Waals surface area contributed by atoms with Crippen molar-refractivity contribution in [1.29, 1.82) is 0 Å². The van der Waals surface area contributed by atoms with Gasteiger partial charge in [-0.2, -0.15) is 0 Å². The molecule has 14 nitrogen and oxygen atoms in total. The maximum absolute atomic E-state index is 12.6. The number of aliphatic carboxylic acids is 1. The highest BCUT2D eigenvalue weighted by Gasteiger charge is 2.30. The highest BCUT2D eigenvalue weighted by Crippen LogP contribution is 2.13. The number of nitrogens with two attached hydrogens (primary N) is 1. The Labute approximate surface area is 254 Å². The van der Waals surface area contributed by atoms with Gasteiger partial charge in [-0.05, 0) is 13.3 Å². The van der Waals surface area contributed by atoms with Crippen LogP contribution in [0, 0.1) is 0 Å². The highest BCUT2D eigenvalue weighted by atomic mass is 16.4. The van der Waals surface area contributed by atoms with E-state index >= 15 is 0 Å². The van der Waals surface area contributed by atoms with Crippen molar-refractivity contribution in [2.24, 2.45) is 5.73 Å². The van der Waals surface area contributed by atoms with E-state index in [-0.39, 0.29) is 6.42 Å². The Hall–Kier alpha value is -3.26. The molecule has 0 aromatic carbocycles. The van der Waals surface area contributed by atoms with E-state index in [0.29, 0.717) is 6.42 Å². The van der Waals surface area contributed by atoms with Gasteiger partial charge in [-0.15, -0.1) is 0 Å². The van der Waals surface area contributed by atoms with Gasteiger partial charge < -0.3 is 42.3 Å². The summed E-state index contributed by atoms with van der Waals surface area (Å²) >= 11 is 0. The van der Waals surface area contributed by atoms with Gasteiger partial charge in [-0.3, -0.25) is 28.8 Å². The van der Waals surface area contributed by atoms with Crippen molar-refractivity contribution in [2.75, 3.05) is 13.2 Å². The summed E-state index contributed by atoms with van der Waals surface area (Å²) in [6, 6.07) is -5.91. The monoisotopic (exact) mass is 615 g/mol. The normalized spacial score (nSPS) is 13.7. The fraction of sp³-hybridized carbons (Fsp3) is 0.793. The maximum Gasteiger partial charge on any atom is 0.325 e. The van der Waals surface area contributed by atoms with Crippen molar-refractivity contribution >= 4 is 35.5 Å². The van der Waals surface area contributed by atoms with Crippen LogP contribution in [-0.4, -0.2) is 88.2 Å². The second-order valence-electron chi connectivity index (χ2n) is 10.8. The molecule has 0 aromatic rings. The summed E-state index contributed by atoms with van der Waals surface area (Å²) in [6.45, 7) is 1.70. The van der Waals surface area contributed by atoms with Crippen molar-refractivity contribution in [2.45, 2.75) is 134 Å². The predicted octanol–water partition coefficient (Wildman–Crippen LogP) is 0.371. The first-order chi connectivity index (χ1) is 20.5. The summed E-state index contributed by atoms with van der Waals surface area (Å²) < 4.78 is 0. The van der Waals surface area contributed by atoms with E-state index in [0.717, 1.165) is 19.3 Å². The predicted molar refractivity (Wildman–Crippen MR) is 159 cm³/mol. The van der Waals surface area contributed by atoms with Gasteiger partial charge >= 0.3 is 5.97 Å². The van der Waals surface area contributed by atoms with Gasteiger partial charge in [0.25, 0.3) is 0 Å². The summed E-state index contributed by atoms with van der Waals surface area (Å²) in [5, 5.41) is 37.0. The minimum Gasteiger partial charge on any atom is -0.480 e. The number of rotatable bonds is 26. The molecule has 0 fully saturated rings. The second-order valence-corrected chi connectivity index (χ2v) is 10.8. The number of carbonyl (C=O) groups excluding carboxylic acids is 5. The molecule has 43 heavy (non-hydrogen) atoms. The van der Waals surface area contributed by atoms with Crippen LogP contribution in [0.2, 0.25) is 0 Å². The number of aliphatic hydroxyl groups excluding tert-OH is 2. The van der Waals surface area contributed by atoms with E-state index in [4.69, 9.17) is 10.8 Å². The maximum atomic E-state index is 12.6. The van der Waals surface area contributed by atoms with Gasteiger partial charge in [-0.1, -0.05) is 84.0 Å². The van der Waals surface area contributed by atoms with E-state index in [9.17, 15) is 39.0 Å². The molecule has 248 valence electrons. The van der Waals surface area contributed by atoms with Crippen LogP contribution in [0.25, 0.3) is 0 Å². The molecule has 0 spiro atoms. The molecule has 0 rings (SSSR count). The lowest BCUT2D eigenvalue weighted by molar-refractivity contribution is -0.142. The van der Waals surface area contributed by atoms with Crippen LogP contribution in [0.3, 0.4) is 0 Å². The molecular weight excluding hydrogens is 562 g/mol. The first-order valence-electron chi connectivity index (χ1n) is 15.4. The fourth-order valence-electron chi connectivity index (χ4n) is 4.29. The van der Waals surface area contributed by atoms with Crippen LogP contribution in [0.15, 0.2) is 0 Å². The number of hydrogen-bond donors (Lipinski definition) is 8. The van der Waals surface area contributed by atoms with Crippen molar-refractivity contribution in [3.05, 3.63) is 0 Å². The summed E-state index contributed by atoms with van der Waals surface area (Å²) in [6.07, 6.45) is 14.5. The number of carboxylic acids is 1. The molecule has 0 bridgehead atoms. The number of carbonyl (C=O) groups is 6. The largest absolute Gasteiger partial charge is 0.480 e. The molecule has 5 amide bonds. The third kappa shape index (κ3) is 19.5. The molecule has 0 aliphatic carbocycles. The molecule has 0 unspecified atom stereocenters. The molecule has 9 N–H and O–H groups in total. The molecule has 0 aromatic heterocycles. The minimum atomic E-state index is -1.61. The Morgan fingerprint density at radius 1 is 0.605 bits per heavy atom. The molecule has 0 saturated carbocycles. The quantitative estimate of drug-likeness (QED) is 0.0626. The summed E-state index contributed by atoms with van der Waals surface area (Å²) in [4.78, 5) is 72.2. The number of primary amides is 1. The third-order valence-electron chi connectivity index (χ3n) is 6.92. The first-order valence-corrected chi connectivity index (χ1v) is 15.4. The first kappa shape index (κ1) is 39.7. The van der Waals surface area contributed by atoms with Crippen LogP contribution in [0.1, 0.15) is 110 Å². The zero-order chi connectivity index (χ0) is 32.6. The highest BCUT2D eigenvalue weighted by molar-refractivity contribution is 5.96. The SMILES string of the molecule is CCCCCCCCCCCCCCCC(=O)N[C@@H](CO)C(=O)N[C@@H](CO)C(=O)N[C@@H](CC(N)=O)C(=O)N[C@@H](C)C(=O)O. The number of aliphatic hydroxyl groups is 2. The molecule has 0 radical (unpaired) electrons. The Morgan fingerprint density at radius 2 is 1.00 bits per heavy atom. The Balaban J connectivity index is 4.55. The Kier molecular flexibility index (Phi) is 22.4. The van der Waals surface area contributed by atoms with Crippen LogP contribution < -0.4 is 27.0 Å². The number of unbranched alkanes of at least 4 members (excludes halogenated alkanes) is 12. The van der Waals surface area contributed by atoms with Crippen LogP contribution in [0.4, 0.5) is 0 Å². The van der Waals surface area contributed by atoms with Gasteiger partial charge in [-0.25, -0.2) is 0 Å². The lowest BCUT2D eigenvalue weighted by atomic mass is 10.0. The fourth-order valence-corrected chi connectivity index (χ4v) is 4.29. The van der Waals surface area contributed by atoms with Gasteiger partial charge in [0.05, 0.1) is 19.6 Å². The molecule has 14 heteroatoms. The van der Waals surface area contributed by atoms with Crippen LogP contribution >= 0.6 is 0 Å². The second kappa shape index (κ2) is 24.2. The molecule has 0 saturated heterocycles. The van der Waals surface area contributed by atoms with Crippen molar-refractivity contribution < 1.29 is 44.1 Å². The average Bonchev–Trinajstić information content (AvgIpc) is 2.95. The van der Waals surface area contributed by atoms with Gasteiger partial charge in [0.2, 0.25) is 29.5 Å².